The summed E-state index contributed by atoms with van der Waals surface area (Å²) in [7, 11) is 0. The Morgan fingerprint density at radius 2 is 1.61 bits per heavy atom. The topological polar surface area (TPSA) is 36.0 Å². The van der Waals surface area contributed by atoms with Gasteiger partial charge in [-0.2, -0.15) is 0 Å². The molecule has 28 heavy (non-hydrogen) atoms. The van der Waals surface area contributed by atoms with Crippen LogP contribution < -0.4 is 9.80 Å². The third-order valence-corrected chi connectivity index (χ3v) is 5.25. The fourth-order valence-electron chi connectivity index (χ4n) is 3.74. The van der Waals surface area contributed by atoms with Crippen LogP contribution >= 0.6 is 0 Å². The molecule has 2 aliphatic heterocycles. The highest BCUT2D eigenvalue weighted by atomic mass is 19.1. The number of carbonyl (C=O) groups excluding carboxylic acids is 1. The van der Waals surface area contributed by atoms with E-state index < -0.39 is 0 Å². The molecular weight excluding hydrogens is 364 g/mol. The van der Waals surface area contributed by atoms with Crippen LogP contribution in [0.25, 0.3) is 0 Å². The number of morpholine rings is 1. The van der Waals surface area contributed by atoms with Gasteiger partial charge < -0.3 is 14.5 Å². The fraction of sp³-hybridized carbons (Fsp3) is 0.381. The first-order chi connectivity index (χ1) is 13.6. The Kier molecular flexibility index (Phi) is 5.54. The van der Waals surface area contributed by atoms with Crippen molar-refractivity contribution >= 4 is 23.0 Å². The molecule has 7 heteroatoms. The highest BCUT2D eigenvalue weighted by molar-refractivity contribution is 5.99. The maximum Gasteiger partial charge on any atom is 0.228 e. The van der Waals surface area contributed by atoms with Crippen molar-refractivity contribution in [3.8, 4) is 0 Å². The van der Waals surface area contributed by atoms with E-state index in [0.717, 1.165) is 18.8 Å². The van der Waals surface area contributed by atoms with E-state index in [1.54, 1.807) is 23.1 Å². The minimum atomic E-state index is -0.367. The predicted molar refractivity (Wildman–Crippen MR) is 104 cm³/mol. The van der Waals surface area contributed by atoms with Gasteiger partial charge >= 0.3 is 0 Å². The number of hydrogen-bond donors (Lipinski definition) is 0. The smallest absolute Gasteiger partial charge is 0.228 e. The van der Waals surface area contributed by atoms with Crippen molar-refractivity contribution in [1.29, 1.82) is 0 Å². The number of halogens is 2. The molecule has 148 valence electrons. The lowest BCUT2D eigenvalue weighted by Crippen LogP contribution is -2.44. The zero-order valence-corrected chi connectivity index (χ0v) is 15.6. The minimum Gasteiger partial charge on any atom is -0.379 e. The summed E-state index contributed by atoms with van der Waals surface area (Å²) in [4.78, 5) is 18.8. The summed E-state index contributed by atoms with van der Waals surface area (Å²) in [6.07, 6.45) is 0.410. The third kappa shape index (κ3) is 4.00. The first kappa shape index (κ1) is 18.8. The van der Waals surface area contributed by atoms with E-state index in [1.165, 1.54) is 24.3 Å². The highest BCUT2D eigenvalue weighted by Crippen LogP contribution is 2.38. The Labute approximate surface area is 163 Å². The van der Waals surface area contributed by atoms with E-state index in [-0.39, 0.29) is 17.5 Å². The quantitative estimate of drug-likeness (QED) is 0.808. The molecular formula is C21H23F2N3O2. The predicted octanol–water partition coefficient (Wildman–Crippen LogP) is 3.17. The number of fused-ring (bicyclic) bond motifs is 1. The molecule has 2 aromatic carbocycles. The molecule has 0 unspecified atom stereocenters. The molecule has 1 saturated heterocycles. The molecule has 2 heterocycles. The van der Waals surface area contributed by atoms with Crippen molar-refractivity contribution in [2.24, 2.45) is 0 Å². The molecule has 0 saturated carbocycles. The van der Waals surface area contributed by atoms with Gasteiger partial charge in [0.05, 0.1) is 24.6 Å². The number of hydrogen-bond acceptors (Lipinski definition) is 4. The van der Waals surface area contributed by atoms with Crippen LogP contribution in [0.3, 0.4) is 0 Å². The van der Waals surface area contributed by atoms with Gasteiger partial charge in [0.1, 0.15) is 11.6 Å². The van der Waals surface area contributed by atoms with Gasteiger partial charge in [-0.25, -0.2) is 8.78 Å². The summed E-state index contributed by atoms with van der Waals surface area (Å²) in [6.45, 7) is 4.79. The van der Waals surface area contributed by atoms with Crippen LogP contribution in [0.1, 0.15) is 6.42 Å². The number of nitrogens with zero attached hydrogens (tertiary/aromatic N) is 3. The summed E-state index contributed by atoms with van der Waals surface area (Å²) >= 11 is 0. The molecule has 0 aliphatic carbocycles. The summed E-state index contributed by atoms with van der Waals surface area (Å²) in [5.41, 5.74) is 2.08. The first-order valence-corrected chi connectivity index (χ1v) is 9.55. The van der Waals surface area contributed by atoms with E-state index in [0.29, 0.717) is 50.6 Å². The van der Waals surface area contributed by atoms with Gasteiger partial charge in [0.15, 0.2) is 0 Å². The number of amides is 1. The number of carbonyl (C=O) groups is 1. The maximum atomic E-state index is 14.0. The van der Waals surface area contributed by atoms with Crippen molar-refractivity contribution in [1.82, 2.24) is 4.90 Å². The van der Waals surface area contributed by atoms with Crippen LogP contribution in [0.15, 0.2) is 42.5 Å². The molecule has 2 aliphatic rings. The number of anilines is 3. The Balaban J connectivity index is 1.54. The zero-order valence-electron chi connectivity index (χ0n) is 15.6. The number of benzene rings is 2. The summed E-state index contributed by atoms with van der Waals surface area (Å²) in [5, 5.41) is 0. The molecule has 5 nitrogen and oxygen atoms in total. The lowest BCUT2D eigenvalue weighted by Gasteiger charge is -2.38. The molecule has 0 spiro atoms. The van der Waals surface area contributed by atoms with Crippen molar-refractivity contribution in [3.05, 3.63) is 54.1 Å². The molecule has 0 aromatic heterocycles. The Bertz CT molecular complexity index is 838. The van der Waals surface area contributed by atoms with Crippen molar-refractivity contribution in [2.75, 3.05) is 55.7 Å². The molecule has 4 rings (SSSR count). The molecule has 2 aromatic rings. The lowest BCUT2D eigenvalue weighted by molar-refractivity contribution is -0.119. The normalized spacial score (nSPS) is 17.5. The summed E-state index contributed by atoms with van der Waals surface area (Å²) in [5.74, 6) is -0.660. The molecule has 1 fully saturated rings. The minimum absolute atomic E-state index is 0.0260. The van der Waals surface area contributed by atoms with Gasteiger partial charge in [-0.15, -0.1) is 0 Å². The van der Waals surface area contributed by atoms with Gasteiger partial charge in [0, 0.05) is 44.8 Å². The van der Waals surface area contributed by atoms with Crippen molar-refractivity contribution in [3.63, 3.8) is 0 Å². The monoisotopic (exact) mass is 387 g/mol. The second kappa shape index (κ2) is 8.24. The van der Waals surface area contributed by atoms with E-state index >= 15 is 0 Å². The van der Waals surface area contributed by atoms with E-state index in [2.05, 4.69) is 4.90 Å². The Morgan fingerprint density at radius 3 is 2.36 bits per heavy atom. The van der Waals surface area contributed by atoms with Gasteiger partial charge in [-0.05, 0) is 42.5 Å². The lowest BCUT2D eigenvalue weighted by atomic mass is 10.1. The Morgan fingerprint density at radius 1 is 0.893 bits per heavy atom. The average Bonchev–Trinajstić information content (AvgIpc) is 2.72. The maximum absolute atomic E-state index is 14.0. The number of ether oxygens (including phenoxy) is 1. The van der Waals surface area contributed by atoms with E-state index in [9.17, 15) is 13.6 Å². The molecule has 1 amide bonds. The van der Waals surface area contributed by atoms with Crippen LogP contribution in [0.4, 0.5) is 25.8 Å². The molecule has 0 bridgehead atoms. The SMILES string of the molecule is O=C(CCN1CCOCC1)N1CCN(c2ccc(F)cc2)c2cc(F)ccc21. The van der Waals surface area contributed by atoms with Gasteiger partial charge in [-0.1, -0.05) is 0 Å². The van der Waals surface area contributed by atoms with Crippen molar-refractivity contribution < 1.29 is 18.3 Å². The average molecular weight is 387 g/mol. The largest absolute Gasteiger partial charge is 0.379 e. The number of rotatable bonds is 4. The van der Waals surface area contributed by atoms with Crippen molar-refractivity contribution in [2.45, 2.75) is 6.42 Å². The van der Waals surface area contributed by atoms with Crippen LogP contribution in [0.2, 0.25) is 0 Å². The van der Waals surface area contributed by atoms with E-state index in [1.807, 2.05) is 4.90 Å². The van der Waals surface area contributed by atoms with E-state index in [4.69, 9.17) is 4.74 Å². The van der Waals surface area contributed by atoms with Crippen LogP contribution in [-0.2, 0) is 9.53 Å². The molecule has 0 radical (unpaired) electrons. The molecule has 0 N–H and O–H groups in total. The van der Waals surface area contributed by atoms with Gasteiger partial charge in [0.25, 0.3) is 0 Å². The first-order valence-electron chi connectivity index (χ1n) is 9.55. The Hall–Kier alpha value is -2.51. The third-order valence-electron chi connectivity index (χ3n) is 5.25. The van der Waals surface area contributed by atoms with Crippen LogP contribution in [0, 0.1) is 11.6 Å². The van der Waals surface area contributed by atoms with Gasteiger partial charge in [-0.3, -0.25) is 9.69 Å². The second-order valence-electron chi connectivity index (χ2n) is 7.01. The second-order valence-corrected chi connectivity index (χ2v) is 7.01. The fourth-order valence-corrected chi connectivity index (χ4v) is 3.74. The van der Waals surface area contributed by atoms with Crippen LogP contribution in [-0.4, -0.2) is 56.7 Å². The van der Waals surface area contributed by atoms with Crippen LogP contribution in [0.5, 0.6) is 0 Å². The summed E-state index contributed by atoms with van der Waals surface area (Å²) < 4.78 is 32.6. The standard InChI is InChI=1S/C21H23F2N3O2/c22-16-1-4-18(5-2-16)25-9-10-26(19-6-3-17(23)15-20(19)25)21(27)7-8-24-11-13-28-14-12-24/h1-6,15H,7-14H2. The highest BCUT2D eigenvalue weighted by Gasteiger charge is 2.28. The summed E-state index contributed by atoms with van der Waals surface area (Å²) in [6, 6.07) is 10.5. The van der Waals surface area contributed by atoms with Gasteiger partial charge in [0.2, 0.25) is 5.91 Å². The molecule has 0 atom stereocenters. The zero-order chi connectivity index (χ0) is 19.5.